The third-order valence-electron chi connectivity index (χ3n) is 2.79. The van der Waals surface area contributed by atoms with Crippen LogP contribution in [-0.2, 0) is 6.42 Å². The van der Waals surface area contributed by atoms with Gasteiger partial charge in [0.15, 0.2) is 5.13 Å². The molecule has 20 heavy (non-hydrogen) atoms. The largest absolute Gasteiger partial charge is 0.298 e. The number of benzene rings is 1. The van der Waals surface area contributed by atoms with Gasteiger partial charge in [-0.25, -0.2) is 4.98 Å². The highest BCUT2D eigenvalue weighted by Gasteiger charge is 2.20. The van der Waals surface area contributed by atoms with Crippen LogP contribution in [0, 0.1) is 17.0 Å². The Kier molecular flexibility index (Phi) is 4.09. The molecule has 1 N–H and O–H groups in total. The highest BCUT2D eigenvalue weighted by molar-refractivity contribution is 7.15. The average Bonchev–Trinajstić information content (AvgIpc) is 2.78. The highest BCUT2D eigenvalue weighted by atomic mass is 32.1. The molecule has 1 aromatic carbocycles. The standard InChI is InChI=1S/C13H13N3O3S/c1-3-10-8(2)20-13(14-10)15-12(17)9-6-4-5-7-11(9)16(18)19/h4-7H,3H2,1-2H3,(H,14,15,17). The Hall–Kier alpha value is -2.28. The predicted octanol–water partition coefficient (Wildman–Crippen LogP) is 3.17. The van der Waals surface area contributed by atoms with E-state index in [4.69, 9.17) is 0 Å². The van der Waals surface area contributed by atoms with Crippen LogP contribution in [0.25, 0.3) is 0 Å². The molecule has 0 atom stereocenters. The van der Waals surface area contributed by atoms with Crippen LogP contribution in [0.5, 0.6) is 0 Å². The van der Waals surface area contributed by atoms with Gasteiger partial charge in [0, 0.05) is 10.9 Å². The number of anilines is 1. The van der Waals surface area contributed by atoms with Gasteiger partial charge in [0.25, 0.3) is 11.6 Å². The second-order valence-corrected chi connectivity index (χ2v) is 5.31. The van der Waals surface area contributed by atoms with E-state index in [1.807, 2.05) is 13.8 Å². The molecular weight excluding hydrogens is 278 g/mol. The first-order chi connectivity index (χ1) is 9.52. The fourth-order valence-electron chi connectivity index (χ4n) is 1.80. The highest BCUT2D eigenvalue weighted by Crippen LogP contribution is 2.24. The van der Waals surface area contributed by atoms with E-state index < -0.39 is 10.8 Å². The van der Waals surface area contributed by atoms with E-state index in [0.717, 1.165) is 17.0 Å². The molecular formula is C13H13N3O3S. The molecule has 1 amide bonds. The summed E-state index contributed by atoms with van der Waals surface area (Å²) in [4.78, 5) is 27.7. The fraction of sp³-hybridized carbons (Fsp3) is 0.231. The van der Waals surface area contributed by atoms with Gasteiger partial charge in [-0.1, -0.05) is 19.1 Å². The summed E-state index contributed by atoms with van der Waals surface area (Å²) < 4.78 is 0. The van der Waals surface area contributed by atoms with Crippen LogP contribution < -0.4 is 5.32 Å². The van der Waals surface area contributed by atoms with Crippen molar-refractivity contribution in [3.8, 4) is 0 Å². The number of carbonyl (C=O) groups excluding carboxylic acids is 1. The van der Waals surface area contributed by atoms with E-state index >= 15 is 0 Å². The maximum atomic E-state index is 12.1. The number of carbonyl (C=O) groups is 1. The normalized spacial score (nSPS) is 10.3. The average molecular weight is 291 g/mol. The number of hydrogen-bond donors (Lipinski definition) is 1. The molecule has 0 bridgehead atoms. The van der Waals surface area contributed by atoms with Gasteiger partial charge in [0.05, 0.1) is 10.6 Å². The van der Waals surface area contributed by atoms with Crippen molar-refractivity contribution in [1.29, 1.82) is 0 Å². The molecule has 0 radical (unpaired) electrons. The number of nitro groups is 1. The molecule has 7 heteroatoms. The van der Waals surface area contributed by atoms with Crippen molar-refractivity contribution < 1.29 is 9.72 Å². The smallest absolute Gasteiger partial charge is 0.282 e. The molecule has 0 spiro atoms. The minimum Gasteiger partial charge on any atom is -0.298 e. The lowest BCUT2D eigenvalue weighted by Crippen LogP contribution is -2.13. The monoisotopic (exact) mass is 291 g/mol. The zero-order valence-corrected chi connectivity index (χ0v) is 11.9. The number of nitrogens with one attached hydrogen (secondary N) is 1. The molecule has 0 aliphatic rings. The fourth-order valence-corrected chi connectivity index (χ4v) is 2.70. The molecule has 6 nitrogen and oxygen atoms in total. The van der Waals surface area contributed by atoms with Crippen LogP contribution in [0.2, 0.25) is 0 Å². The third-order valence-corrected chi connectivity index (χ3v) is 3.72. The summed E-state index contributed by atoms with van der Waals surface area (Å²) >= 11 is 1.36. The van der Waals surface area contributed by atoms with E-state index in [2.05, 4.69) is 10.3 Å². The molecule has 1 aromatic heterocycles. The number of rotatable bonds is 4. The summed E-state index contributed by atoms with van der Waals surface area (Å²) in [5.74, 6) is -0.520. The van der Waals surface area contributed by atoms with E-state index in [9.17, 15) is 14.9 Å². The molecule has 0 fully saturated rings. The van der Waals surface area contributed by atoms with E-state index in [1.54, 1.807) is 6.07 Å². The van der Waals surface area contributed by atoms with Crippen molar-refractivity contribution in [2.24, 2.45) is 0 Å². The zero-order valence-electron chi connectivity index (χ0n) is 11.0. The summed E-state index contributed by atoms with van der Waals surface area (Å²) in [6.45, 7) is 3.91. The molecule has 2 rings (SSSR count). The topological polar surface area (TPSA) is 85.1 Å². The summed E-state index contributed by atoms with van der Waals surface area (Å²) in [6, 6.07) is 5.85. The Bertz CT molecular complexity index is 667. The molecule has 2 aromatic rings. The molecule has 0 aliphatic carbocycles. The lowest BCUT2D eigenvalue weighted by molar-refractivity contribution is -0.385. The van der Waals surface area contributed by atoms with Crippen molar-refractivity contribution >= 4 is 28.1 Å². The summed E-state index contributed by atoms with van der Waals surface area (Å²) in [5, 5.41) is 14.0. The summed E-state index contributed by atoms with van der Waals surface area (Å²) in [7, 11) is 0. The van der Waals surface area contributed by atoms with Crippen LogP contribution in [0.1, 0.15) is 27.9 Å². The summed E-state index contributed by atoms with van der Waals surface area (Å²) in [5.41, 5.74) is 0.741. The zero-order chi connectivity index (χ0) is 14.7. The van der Waals surface area contributed by atoms with Gasteiger partial charge in [-0.15, -0.1) is 11.3 Å². The predicted molar refractivity (Wildman–Crippen MR) is 77.3 cm³/mol. The Morgan fingerprint density at radius 1 is 1.45 bits per heavy atom. The second-order valence-electron chi connectivity index (χ2n) is 4.10. The Morgan fingerprint density at radius 2 is 2.15 bits per heavy atom. The van der Waals surface area contributed by atoms with Crippen LogP contribution in [0.3, 0.4) is 0 Å². The van der Waals surface area contributed by atoms with Gasteiger partial charge in [-0.3, -0.25) is 20.2 Å². The number of aryl methyl sites for hydroxylation is 2. The van der Waals surface area contributed by atoms with Crippen LogP contribution in [0.15, 0.2) is 24.3 Å². The minimum absolute atomic E-state index is 0.0309. The first-order valence-corrected chi connectivity index (χ1v) is 6.85. The van der Waals surface area contributed by atoms with Gasteiger partial charge >= 0.3 is 0 Å². The number of thiazole rings is 1. The minimum atomic E-state index is -0.570. The Morgan fingerprint density at radius 3 is 2.75 bits per heavy atom. The van der Waals surface area contributed by atoms with Gasteiger partial charge in [0.2, 0.25) is 0 Å². The van der Waals surface area contributed by atoms with Crippen molar-refractivity contribution in [3.63, 3.8) is 0 Å². The number of aromatic nitrogens is 1. The molecule has 104 valence electrons. The first-order valence-electron chi connectivity index (χ1n) is 6.04. The molecule has 0 saturated heterocycles. The number of nitrogens with zero attached hydrogens (tertiary/aromatic N) is 2. The van der Waals surface area contributed by atoms with Crippen molar-refractivity contribution in [1.82, 2.24) is 4.98 Å². The molecule has 0 aliphatic heterocycles. The van der Waals surface area contributed by atoms with Crippen LogP contribution >= 0.6 is 11.3 Å². The lowest BCUT2D eigenvalue weighted by atomic mass is 10.1. The Labute approximate surface area is 119 Å². The van der Waals surface area contributed by atoms with Crippen molar-refractivity contribution in [3.05, 3.63) is 50.5 Å². The number of amides is 1. The van der Waals surface area contributed by atoms with E-state index in [0.29, 0.717) is 5.13 Å². The van der Waals surface area contributed by atoms with Gasteiger partial charge in [0.1, 0.15) is 5.56 Å². The quantitative estimate of drug-likeness (QED) is 0.692. The number of hydrogen-bond acceptors (Lipinski definition) is 5. The van der Waals surface area contributed by atoms with Gasteiger partial charge < -0.3 is 0 Å². The van der Waals surface area contributed by atoms with E-state index in [1.165, 1.54) is 29.5 Å². The van der Waals surface area contributed by atoms with E-state index in [-0.39, 0.29) is 11.3 Å². The van der Waals surface area contributed by atoms with Crippen molar-refractivity contribution in [2.45, 2.75) is 20.3 Å². The maximum absolute atomic E-state index is 12.1. The number of nitro benzene ring substituents is 1. The van der Waals surface area contributed by atoms with Gasteiger partial charge in [-0.2, -0.15) is 0 Å². The van der Waals surface area contributed by atoms with Crippen molar-refractivity contribution in [2.75, 3.05) is 5.32 Å². The molecule has 0 unspecified atom stereocenters. The Balaban J connectivity index is 2.26. The SMILES string of the molecule is CCc1nc(NC(=O)c2ccccc2[N+](=O)[O-])sc1C. The van der Waals surface area contributed by atoms with Gasteiger partial charge in [-0.05, 0) is 19.4 Å². The first kappa shape index (κ1) is 14.1. The van der Waals surface area contributed by atoms with Crippen LogP contribution in [-0.4, -0.2) is 15.8 Å². The van der Waals surface area contributed by atoms with Crippen LogP contribution in [0.4, 0.5) is 10.8 Å². The number of para-hydroxylation sites is 1. The lowest BCUT2D eigenvalue weighted by Gasteiger charge is -2.02. The second kappa shape index (κ2) is 5.79. The maximum Gasteiger partial charge on any atom is 0.282 e. The molecule has 1 heterocycles. The third kappa shape index (κ3) is 2.83. The summed E-state index contributed by atoms with van der Waals surface area (Å²) in [6.07, 6.45) is 0.781. The molecule has 0 saturated carbocycles.